The van der Waals surface area contributed by atoms with Gasteiger partial charge in [-0.25, -0.2) is 0 Å². The summed E-state index contributed by atoms with van der Waals surface area (Å²) in [6, 6.07) is 55.1. The van der Waals surface area contributed by atoms with Gasteiger partial charge in [0.25, 0.3) is 0 Å². The van der Waals surface area contributed by atoms with E-state index in [0.717, 1.165) is 40.3 Å². The van der Waals surface area contributed by atoms with Crippen LogP contribution in [0.25, 0.3) is 61.0 Å². The number of benzene rings is 7. The Labute approximate surface area is 355 Å². The zero-order chi connectivity index (χ0) is 41.4. The van der Waals surface area contributed by atoms with E-state index in [9.17, 15) is 0 Å². The maximum Gasteiger partial charge on any atom is 0.0619 e. The van der Waals surface area contributed by atoms with Gasteiger partial charge < -0.3 is 9.47 Å². The fourth-order valence-electron chi connectivity index (χ4n) is 8.46. The molecule has 7 aromatic carbocycles. The Morgan fingerprint density at radius 1 is 0.667 bits per heavy atom. The second-order valence-electron chi connectivity index (χ2n) is 14.9. The standard InChI is InChI=1S/C58H50N2/c1-6-10-22-43-31-32-48-41-52(39-40-53(48)42(43)5)59(51-36-33-45(34-37-51)44(19-7-2)20-8-3)49(21-9-4)38-35-47-25-17-30-56-57(47)55-29-18-28-54(46-23-13-11-14-24-46)58(55)60(56)50-26-15-12-16-27-50/h6-34,36-41H,1-2,35H2,3-5H3/b20-8-,21-9-,22-10-,44-19+,49-38+. The van der Waals surface area contributed by atoms with Gasteiger partial charge in [-0.1, -0.05) is 177 Å². The summed E-state index contributed by atoms with van der Waals surface area (Å²) in [5, 5.41) is 4.95. The van der Waals surface area contributed by atoms with Crippen molar-refractivity contribution in [2.75, 3.05) is 4.90 Å². The second kappa shape index (κ2) is 18.0. The number of anilines is 2. The smallest absolute Gasteiger partial charge is 0.0619 e. The van der Waals surface area contributed by atoms with Crippen molar-refractivity contribution in [2.24, 2.45) is 0 Å². The molecular weight excluding hydrogens is 725 g/mol. The molecular formula is C58H50N2. The van der Waals surface area contributed by atoms with Crippen molar-refractivity contribution in [3.63, 3.8) is 0 Å². The summed E-state index contributed by atoms with van der Waals surface area (Å²) >= 11 is 0. The predicted octanol–water partition coefficient (Wildman–Crippen LogP) is 16.1. The van der Waals surface area contributed by atoms with Crippen LogP contribution in [-0.2, 0) is 6.42 Å². The molecule has 1 heterocycles. The lowest BCUT2D eigenvalue weighted by atomic mass is 9.98. The van der Waals surface area contributed by atoms with Crippen molar-refractivity contribution >= 4 is 55.6 Å². The van der Waals surface area contributed by atoms with Crippen molar-refractivity contribution in [2.45, 2.75) is 27.2 Å². The number of aryl methyl sites for hydroxylation is 1. The molecule has 2 heteroatoms. The molecule has 0 saturated heterocycles. The van der Waals surface area contributed by atoms with Crippen LogP contribution in [0.4, 0.5) is 11.4 Å². The van der Waals surface area contributed by atoms with E-state index in [4.69, 9.17) is 0 Å². The molecule has 0 fully saturated rings. The lowest BCUT2D eigenvalue weighted by Gasteiger charge is -2.27. The minimum atomic E-state index is 0.730. The van der Waals surface area contributed by atoms with E-state index in [1.165, 1.54) is 60.4 Å². The Bertz CT molecular complexity index is 2990. The van der Waals surface area contributed by atoms with Gasteiger partial charge in [-0.3, -0.25) is 0 Å². The Kier molecular flexibility index (Phi) is 11.8. The first-order chi connectivity index (χ1) is 29.5. The van der Waals surface area contributed by atoms with Crippen LogP contribution < -0.4 is 4.90 Å². The monoisotopic (exact) mass is 774 g/mol. The Hall–Kier alpha value is -7.42. The number of rotatable bonds is 13. The number of allylic oxidation sites excluding steroid dienone is 10. The van der Waals surface area contributed by atoms with Gasteiger partial charge in [-0.15, -0.1) is 0 Å². The van der Waals surface area contributed by atoms with Gasteiger partial charge in [-0.2, -0.15) is 0 Å². The summed E-state index contributed by atoms with van der Waals surface area (Å²) < 4.78 is 2.44. The van der Waals surface area contributed by atoms with E-state index >= 15 is 0 Å². The van der Waals surface area contributed by atoms with Crippen molar-refractivity contribution < 1.29 is 0 Å². The number of para-hydroxylation sites is 2. The normalized spacial score (nSPS) is 12.4. The Morgan fingerprint density at radius 2 is 1.40 bits per heavy atom. The van der Waals surface area contributed by atoms with Crippen molar-refractivity contribution in [3.05, 3.63) is 247 Å². The van der Waals surface area contributed by atoms with Crippen LogP contribution >= 0.6 is 0 Å². The molecule has 0 aliphatic heterocycles. The van der Waals surface area contributed by atoms with Gasteiger partial charge in [0.05, 0.1) is 11.0 Å². The van der Waals surface area contributed by atoms with Gasteiger partial charge in [0, 0.05) is 39.1 Å². The SMILES string of the molecule is C=C/C=C\c1ccc2cc(N(C(/C=C\C)=C/Cc3cccc4c3c3cccc(-c5ccccc5)c3n4-c3ccccc3)c3ccc(C(/C=C\C)=C/C=C)cc3)ccc2c1C. The summed E-state index contributed by atoms with van der Waals surface area (Å²) in [6.07, 6.45) is 21.5. The zero-order valence-corrected chi connectivity index (χ0v) is 34.7. The van der Waals surface area contributed by atoms with Gasteiger partial charge in [0.2, 0.25) is 0 Å². The lowest BCUT2D eigenvalue weighted by Crippen LogP contribution is -2.15. The molecule has 292 valence electrons. The largest absolute Gasteiger partial charge is 0.311 e. The van der Waals surface area contributed by atoms with E-state index < -0.39 is 0 Å². The Balaban J connectivity index is 1.30. The molecule has 0 N–H and O–H groups in total. The first-order valence-electron chi connectivity index (χ1n) is 20.7. The molecule has 0 amide bonds. The van der Waals surface area contributed by atoms with E-state index in [1.54, 1.807) is 0 Å². The van der Waals surface area contributed by atoms with Gasteiger partial charge in [0.1, 0.15) is 0 Å². The van der Waals surface area contributed by atoms with Crippen LogP contribution in [0.3, 0.4) is 0 Å². The number of aromatic nitrogens is 1. The first-order valence-corrected chi connectivity index (χ1v) is 20.7. The van der Waals surface area contributed by atoms with Crippen molar-refractivity contribution in [1.29, 1.82) is 0 Å². The van der Waals surface area contributed by atoms with Crippen molar-refractivity contribution in [3.8, 4) is 16.8 Å². The minimum Gasteiger partial charge on any atom is -0.311 e. The van der Waals surface area contributed by atoms with Crippen LogP contribution in [0.15, 0.2) is 225 Å². The summed E-state index contributed by atoms with van der Waals surface area (Å²) in [4.78, 5) is 2.39. The molecule has 0 aliphatic carbocycles. The maximum atomic E-state index is 3.96. The molecule has 60 heavy (non-hydrogen) atoms. The molecule has 8 aromatic rings. The molecule has 0 bridgehead atoms. The van der Waals surface area contributed by atoms with E-state index in [0.29, 0.717) is 0 Å². The third-order valence-electron chi connectivity index (χ3n) is 11.2. The highest BCUT2D eigenvalue weighted by molar-refractivity contribution is 6.15. The zero-order valence-electron chi connectivity index (χ0n) is 34.7. The molecule has 0 saturated carbocycles. The van der Waals surface area contributed by atoms with Crippen LogP contribution in [0.2, 0.25) is 0 Å². The van der Waals surface area contributed by atoms with Crippen LogP contribution in [0.1, 0.15) is 36.1 Å². The second-order valence-corrected chi connectivity index (χ2v) is 14.9. The molecule has 2 nitrogen and oxygen atoms in total. The van der Waals surface area contributed by atoms with Crippen LogP contribution in [0.5, 0.6) is 0 Å². The number of nitrogens with zero attached hydrogens (tertiary/aromatic N) is 2. The molecule has 0 unspecified atom stereocenters. The molecule has 0 spiro atoms. The molecule has 0 radical (unpaired) electrons. The minimum absolute atomic E-state index is 0.730. The van der Waals surface area contributed by atoms with E-state index in [2.05, 4.69) is 231 Å². The van der Waals surface area contributed by atoms with E-state index in [1.807, 2.05) is 25.2 Å². The Morgan fingerprint density at radius 3 is 2.13 bits per heavy atom. The van der Waals surface area contributed by atoms with Crippen LogP contribution in [0, 0.1) is 6.92 Å². The lowest BCUT2D eigenvalue weighted by molar-refractivity contribution is 1.16. The van der Waals surface area contributed by atoms with Crippen LogP contribution in [-0.4, -0.2) is 4.57 Å². The van der Waals surface area contributed by atoms with Gasteiger partial charge in [0.15, 0.2) is 0 Å². The summed E-state index contributed by atoms with van der Waals surface area (Å²) in [5.74, 6) is 0. The molecule has 8 rings (SSSR count). The maximum absolute atomic E-state index is 3.96. The quantitative estimate of drug-likeness (QED) is 0.106. The first kappa shape index (κ1) is 39.4. The van der Waals surface area contributed by atoms with Gasteiger partial charge in [-0.05, 0) is 120 Å². The highest BCUT2D eigenvalue weighted by Crippen LogP contribution is 2.41. The summed E-state index contributed by atoms with van der Waals surface area (Å²) in [7, 11) is 0. The average molecular weight is 775 g/mol. The van der Waals surface area contributed by atoms with E-state index in [-0.39, 0.29) is 0 Å². The topological polar surface area (TPSA) is 8.17 Å². The summed E-state index contributed by atoms with van der Waals surface area (Å²) in [5.41, 5.74) is 15.2. The fourth-order valence-corrected chi connectivity index (χ4v) is 8.46. The van der Waals surface area contributed by atoms with Gasteiger partial charge >= 0.3 is 0 Å². The molecule has 0 aliphatic rings. The third kappa shape index (κ3) is 7.76. The third-order valence-corrected chi connectivity index (χ3v) is 11.2. The highest BCUT2D eigenvalue weighted by atomic mass is 15.1. The highest BCUT2D eigenvalue weighted by Gasteiger charge is 2.20. The number of hydrogen-bond acceptors (Lipinski definition) is 1. The number of hydrogen-bond donors (Lipinski definition) is 0. The predicted molar refractivity (Wildman–Crippen MR) is 262 cm³/mol. The summed E-state index contributed by atoms with van der Waals surface area (Å²) in [6.45, 7) is 14.2. The van der Waals surface area contributed by atoms with Crippen molar-refractivity contribution in [1.82, 2.24) is 4.57 Å². The molecule has 1 aromatic heterocycles. The average Bonchev–Trinajstić information content (AvgIpc) is 3.64. The fraction of sp³-hybridized carbons (Fsp3) is 0.0690. The molecule has 0 atom stereocenters. The number of fused-ring (bicyclic) bond motifs is 4.